The lowest BCUT2D eigenvalue weighted by molar-refractivity contribution is 0.428. The van der Waals surface area contributed by atoms with Crippen LogP contribution in [0.4, 0.5) is 0 Å². The van der Waals surface area contributed by atoms with Gasteiger partial charge in [-0.1, -0.05) is 12.2 Å². The molecule has 1 unspecified atom stereocenters. The molecule has 0 heterocycles. The summed E-state index contributed by atoms with van der Waals surface area (Å²) in [4.78, 5) is 0. The Morgan fingerprint density at radius 2 is 2.36 bits per heavy atom. The molecule has 0 aliphatic heterocycles. The van der Waals surface area contributed by atoms with E-state index in [-0.39, 0.29) is 0 Å². The van der Waals surface area contributed by atoms with Crippen LogP contribution >= 0.6 is 0 Å². The number of hydrogen-bond donors (Lipinski definition) is 1. The molecular formula is C10H19N. The third-order valence-corrected chi connectivity index (χ3v) is 2.42. The van der Waals surface area contributed by atoms with Gasteiger partial charge in [-0.25, -0.2) is 0 Å². The Labute approximate surface area is 69.9 Å². The summed E-state index contributed by atoms with van der Waals surface area (Å²) in [6.45, 7) is 1.18. The predicted octanol–water partition coefficient (Wildman–Crippen LogP) is 2.34. The Bertz CT molecular complexity index is 118. The van der Waals surface area contributed by atoms with Crippen LogP contribution in [0.5, 0.6) is 0 Å². The van der Waals surface area contributed by atoms with Gasteiger partial charge in [-0.2, -0.15) is 0 Å². The minimum absolute atomic E-state index is 0.980. The molecule has 1 N–H and O–H groups in total. The average Bonchev–Trinajstić information content (AvgIpc) is 2.07. The van der Waals surface area contributed by atoms with E-state index in [0.29, 0.717) is 0 Å². The van der Waals surface area contributed by atoms with Gasteiger partial charge in [-0.15, -0.1) is 0 Å². The number of hydrogen-bond acceptors (Lipinski definition) is 1. The van der Waals surface area contributed by atoms with Crippen LogP contribution in [0, 0.1) is 5.92 Å². The monoisotopic (exact) mass is 153 g/mol. The second-order valence-electron chi connectivity index (χ2n) is 3.40. The van der Waals surface area contributed by atoms with Crippen LogP contribution in [0.2, 0.25) is 0 Å². The van der Waals surface area contributed by atoms with Crippen molar-refractivity contribution in [2.75, 3.05) is 13.6 Å². The number of nitrogens with one attached hydrogen (secondary N) is 1. The van der Waals surface area contributed by atoms with E-state index < -0.39 is 0 Å². The molecular weight excluding hydrogens is 134 g/mol. The van der Waals surface area contributed by atoms with Crippen LogP contribution < -0.4 is 5.32 Å². The second kappa shape index (κ2) is 5.36. The van der Waals surface area contributed by atoms with Gasteiger partial charge in [0.1, 0.15) is 0 Å². The molecule has 0 spiro atoms. The van der Waals surface area contributed by atoms with E-state index >= 15 is 0 Å². The molecule has 0 amide bonds. The normalized spacial score (nSPS) is 23.9. The lowest BCUT2D eigenvalue weighted by Gasteiger charge is -2.16. The lowest BCUT2D eigenvalue weighted by atomic mass is 9.90. The molecule has 1 atom stereocenters. The Morgan fingerprint density at radius 1 is 1.45 bits per heavy atom. The van der Waals surface area contributed by atoms with Crippen molar-refractivity contribution in [3.63, 3.8) is 0 Å². The topological polar surface area (TPSA) is 12.0 Å². The minimum Gasteiger partial charge on any atom is -0.320 e. The highest BCUT2D eigenvalue weighted by atomic mass is 14.8. The van der Waals surface area contributed by atoms with Gasteiger partial charge < -0.3 is 5.32 Å². The number of allylic oxidation sites excluding steroid dienone is 2. The summed E-state index contributed by atoms with van der Waals surface area (Å²) in [7, 11) is 2.03. The smallest absolute Gasteiger partial charge is 0.00518 e. The standard InChI is InChI=1S/C10H19N/c1-11-9-5-8-10-6-3-2-4-7-10/h2-3,10-11H,4-9H2,1H3. The molecule has 11 heavy (non-hydrogen) atoms. The zero-order valence-corrected chi connectivity index (χ0v) is 7.47. The molecule has 1 aliphatic carbocycles. The highest BCUT2D eigenvalue weighted by Crippen LogP contribution is 2.22. The second-order valence-corrected chi connectivity index (χ2v) is 3.40. The summed E-state index contributed by atoms with van der Waals surface area (Å²) < 4.78 is 0. The maximum absolute atomic E-state index is 3.19. The van der Waals surface area contributed by atoms with Gasteiger partial charge in [0.15, 0.2) is 0 Å². The molecule has 1 rings (SSSR count). The van der Waals surface area contributed by atoms with Gasteiger partial charge in [0.25, 0.3) is 0 Å². The SMILES string of the molecule is CNCCCC1CC=CCC1. The van der Waals surface area contributed by atoms with Crippen LogP contribution in [0.3, 0.4) is 0 Å². The highest BCUT2D eigenvalue weighted by molar-refractivity contribution is 4.89. The van der Waals surface area contributed by atoms with E-state index in [2.05, 4.69) is 17.5 Å². The molecule has 0 aromatic heterocycles. The molecule has 64 valence electrons. The first-order chi connectivity index (χ1) is 5.43. The fourth-order valence-corrected chi connectivity index (χ4v) is 1.69. The number of rotatable bonds is 4. The van der Waals surface area contributed by atoms with Crippen LogP contribution in [0.15, 0.2) is 12.2 Å². The van der Waals surface area contributed by atoms with Gasteiger partial charge in [0.2, 0.25) is 0 Å². The van der Waals surface area contributed by atoms with Gasteiger partial charge in [0, 0.05) is 0 Å². The average molecular weight is 153 g/mol. The molecule has 0 bridgehead atoms. The summed E-state index contributed by atoms with van der Waals surface area (Å²) in [6, 6.07) is 0. The van der Waals surface area contributed by atoms with E-state index in [1.165, 1.54) is 38.6 Å². The van der Waals surface area contributed by atoms with E-state index in [1.807, 2.05) is 7.05 Å². The Balaban J connectivity index is 2.02. The highest BCUT2D eigenvalue weighted by Gasteiger charge is 2.08. The Morgan fingerprint density at radius 3 is 3.00 bits per heavy atom. The van der Waals surface area contributed by atoms with E-state index in [1.54, 1.807) is 0 Å². The van der Waals surface area contributed by atoms with Crippen LogP contribution in [-0.4, -0.2) is 13.6 Å². The molecule has 0 saturated carbocycles. The first-order valence-corrected chi connectivity index (χ1v) is 4.73. The Hall–Kier alpha value is -0.300. The molecule has 1 aliphatic rings. The lowest BCUT2D eigenvalue weighted by Crippen LogP contribution is -2.10. The fourth-order valence-electron chi connectivity index (χ4n) is 1.69. The summed E-state index contributed by atoms with van der Waals surface area (Å²) in [6.07, 6.45) is 11.5. The van der Waals surface area contributed by atoms with E-state index in [9.17, 15) is 0 Å². The zero-order chi connectivity index (χ0) is 7.94. The maximum atomic E-state index is 3.19. The maximum Gasteiger partial charge on any atom is -0.00518 e. The molecule has 0 aromatic rings. The predicted molar refractivity (Wildman–Crippen MR) is 49.6 cm³/mol. The minimum atomic E-state index is 0.980. The van der Waals surface area contributed by atoms with E-state index in [4.69, 9.17) is 0 Å². The summed E-state index contributed by atoms with van der Waals surface area (Å²) in [5.41, 5.74) is 0. The van der Waals surface area contributed by atoms with Gasteiger partial charge >= 0.3 is 0 Å². The van der Waals surface area contributed by atoms with Crippen molar-refractivity contribution < 1.29 is 0 Å². The Kier molecular flexibility index (Phi) is 4.29. The van der Waals surface area contributed by atoms with Crippen molar-refractivity contribution in [3.05, 3.63) is 12.2 Å². The van der Waals surface area contributed by atoms with Crippen molar-refractivity contribution in [3.8, 4) is 0 Å². The van der Waals surface area contributed by atoms with Crippen molar-refractivity contribution in [2.24, 2.45) is 5.92 Å². The molecule has 1 heteroatoms. The van der Waals surface area contributed by atoms with Gasteiger partial charge in [-0.3, -0.25) is 0 Å². The van der Waals surface area contributed by atoms with Crippen molar-refractivity contribution in [1.82, 2.24) is 5.32 Å². The summed E-state index contributed by atoms with van der Waals surface area (Å²) in [5, 5.41) is 3.19. The van der Waals surface area contributed by atoms with Gasteiger partial charge in [-0.05, 0) is 51.6 Å². The van der Waals surface area contributed by atoms with Crippen molar-refractivity contribution >= 4 is 0 Å². The largest absolute Gasteiger partial charge is 0.320 e. The first kappa shape index (κ1) is 8.79. The zero-order valence-electron chi connectivity index (χ0n) is 7.47. The summed E-state index contributed by atoms with van der Waals surface area (Å²) >= 11 is 0. The summed E-state index contributed by atoms with van der Waals surface area (Å²) in [5.74, 6) is 0.980. The fraction of sp³-hybridized carbons (Fsp3) is 0.800. The molecule has 0 aromatic carbocycles. The third kappa shape index (κ3) is 3.57. The molecule has 1 nitrogen and oxygen atoms in total. The van der Waals surface area contributed by atoms with Crippen molar-refractivity contribution in [1.29, 1.82) is 0 Å². The van der Waals surface area contributed by atoms with Gasteiger partial charge in [0.05, 0.1) is 0 Å². The van der Waals surface area contributed by atoms with Crippen LogP contribution in [-0.2, 0) is 0 Å². The van der Waals surface area contributed by atoms with Crippen LogP contribution in [0.1, 0.15) is 32.1 Å². The van der Waals surface area contributed by atoms with Crippen LogP contribution in [0.25, 0.3) is 0 Å². The third-order valence-electron chi connectivity index (χ3n) is 2.42. The van der Waals surface area contributed by atoms with E-state index in [0.717, 1.165) is 5.92 Å². The van der Waals surface area contributed by atoms with Crippen molar-refractivity contribution in [2.45, 2.75) is 32.1 Å². The quantitative estimate of drug-likeness (QED) is 0.483. The molecule has 0 fully saturated rings. The molecule has 0 radical (unpaired) electrons. The first-order valence-electron chi connectivity index (χ1n) is 4.73. The molecule has 0 saturated heterocycles.